The van der Waals surface area contributed by atoms with Crippen molar-refractivity contribution in [1.82, 2.24) is 10.0 Å². The van der Waals surface area contributed by atoms with Crippen molar-refractivity contribution < 1.29 is 13.2 Å². The lowest BCUT2D eigenvalue weighted by molar-refractivity contribution is -0.121. The molecule has 8 heteroatoms. The number of amides is 1. The predicted octanol–water partition coefficient (Wildman–Crippen LogP) is 0.275. The fourth-order valence-corrected chi connectivity index (χ4v) is 3.31. The van der Waals surface area contributed by atoms with Gasteiger partial charge in [0.05, 0.1) is 4.99 Å². The van der Waals surface area contributed by atoms with E-state index >= 15 is 0 Å². The molecule has 0 saturated carbocycles. The molecule has 19 heavy (non-hydrogen) atoms. The number of nitrogens with one attached hydrogen (secondary N) is 2. The van der Waals surface area contributed by atoms with Gasteiger partial charge in [0.25, 0.3) is 0 Å². The lowest BCUT2D eigenvalue weighted by Gasteiger charge is -2.15. The quantitative estimate of drug-likeness (QED) is 0.531. The van der Waals surface area contributed by atoms with Crippen LogP contribution in [0.5, 0.6) is 0 Å². The van der Waals surface area contributed by atoms with Gasteiger partial charge in [-0.1, -0.05) is 26.1 Å². The zero-order chi connectivity index (χ0) is 15.1. The van der Waals surface area contributed by atoms with Crippen LogP contribution in [0.2, 0.25) is 0 Å². The van der Waals surface area contributed by atoms with Crippen molar-refractivity contribution in [3.8, 4) is 0 Å². The number of hydrogen-bond donors (Lipinski definition) is 3. The van der Waals surface area contributed by atoms with E-state index in [0.29, 0.717) is 6.42 Å². The van der Waals surface area contributed by atoms with Crippen LogP contribution in [0.1, 0.15) is 40.0 Å². The van der Waals surface area contributed by atoms with Crippen LogP contribution in [0, 0.1) is 0 Å². The second-order valence-electron chi connectivity index (χ2n) is 4.37. The number of nitrogens with two attached hydrogens (primary N) is 1. The van der Waals surface area contributed by atoms with Crippen molar-refractivity contribution in [3.63, 3.8) is 0 Å². The Hall–Kier alpha value is -0.730. The minimum atomic E-state index is -3.60. The minimum Gasteiger partial charge on any atom is -0.392 e. The van der Waals surface area contributed by atoms with Gasteiger partial charge in [-0.2, -0.15) is 0 Å². The Balaban J connectivity index is 4.26. The molecule has 0 aliphatic rings. The van der Waals surface area contributed by atoms with Gasteiger partial charge in [-0.15, -0.1) is 0 Å². The maximum absolute atomic E-state index is 11.9. The van der Waals surface area contributed by atoms with Crippen LogP contribution in [0.15, 0.2) is 0 Å². The van der Waals surface area contributed by atoms with E-state index in [2.05, 4.69) is 10.0 Å². The second-order valence-corrected chi connectivity index (χ2v) is 6.78. The van der Waals surface area contributed by atoms with E-state index in [1.807, 2.05) is 13.8 Å². The Morgan fingerprint density at radius 3 is 2.32 bits per heavy atom. The van der Waals surface area contributed by atoms with Gasteiger partial charge in [0.1, 0.15) is 5.25 Å². The molecule has 0 saturated heterocycles. The second kappa shape index (κ2) is 8.44. The molecule has 4 N–H and O–H groups in total. The summed E-state index contributed by atoms with van der Waals surface area (Å²) in [6, 6.07) is 0.0871. The Kier molecular flexibility index (Phi) is 8.12. The lowest BCUT2D eigenvalue weighted by Crippen LogP contribution is -2.43. The molecule has 112 valence electrons. The van der Waals surface area contributed by atoms with Crippen LogP contribution in [-0.4, -0.2) is 37.2 Å². The van der Waals surface area contributed by atoms with Gasteiger partial charge in [-0.25, -0.2) is 13.1 Å². The van der Waals surface area contributed by atoms with Gasteiger partial charge in [0.15, 0.2) is 0 Å². The summed E-state index contributed by atoms with van der Waals surface area (Å²) in [7, 11) is -3.60. The standard InChI is InChI=1S/C11H23N3O3S2/c1-4-8(3)14-10(15)6-7-13-19(16,17)9(5-2)11(12)18/h8-9,13H,4-7H2,1-3H3,(H2,12,18)(H,14,15). The highest BCUT2D eigenvalue weighted by molar-refractivity contribution is 7.93. The largest absolute Gasteiger partial charge is 0.392 e. The summed E-state index contributed by atoms with van der Waals surface area (Å²) in [5.41, 5.74) is 5.38. The van der Waals surface area contributed by atoms with Crippen LogP contribution in [0.4, 0.5) is 0 Å². The zero-order valence-electron chi connectivity index (χ0n) is 11.6. The van der Waals surface area contributed by atoms with Crippen molar-refractivity contribution >= 4 is 33.1 Å². The van der Waals surface area contributed by atoms with Crippen LogP contribution in [0.25, 0.3) is 0 Å². The summed E-state index contributed by atoms with van der Waals surface area (Å²) in [4.78, 5) is 11.4. The normalized spacial score (nSPS) is 14.7. The summed E-state index contributed by atoms with van der Waals surface area (Å²) in [5, 5.41) is 1.87. The summed E-state index contributed by atoms with van der Waals surface area (Å²) < 4.78 is 26.1. The number of sulfonamides is 1. The van der Waals surface area contributed by atoms with Gasteiger partial charge < -0.3 is 11.1 Å². The Morgan fingerprint density at radius 1 is 1.32 bits per heavy atom. The van der Waals surface area contributed by atoms with Crippen LogP contribution < -0.4 is 15.8 Å². The van der Waals surface area contributed by atoms with E-state index < -0.39 is 15.3 Å². The molecule has 0 spiro atoms. The molecule has 0 heterocycles. The first-order valence-corrected chi connectivity index (χ1v) is 8.27. The average molecular weight is 309 g/mol. The van der Waals surface area contributed by atoms with Crippen LogP contribution in [-0.2, 0) is 14.8 Å². The molecule has 6 nitrogen and oxygen atoms in total. The van der Waals surface area contributed by atoms with E-state index in [4.69, 9.17) is 18.0 Å². The van der Waals surface area contributed by atoms with E-state index in [9.17, 15) is 13.2 Å². The topological polar surface area (TPSA) is 101 Å². The number of carbonyl (C=O) groups is 1. The Bertz CT molecular complexity index is 409. The predicted molar refractivity (Wildman–Crippen MR) is 80.3 cm³/mol. The minimum absolute atomic E-state index is 0.0454. The Labute approximate surface area is 120 Å². The SMILES string of the molecule is CCC(C)NC(=O)CCNS(=O)(=O)C(CC)C(N)=S. The maximum Gasteiger partial charge on any atom is 0.221 e. The van der Waals surface area contributed by atoms with Gasteiger partial charge in [-0.05, 0) is 19.8 Å². The maximum atomic E-state index is 11.9. The Morgan fingerprint density at radius 2 is 1.89 bits per heavy atom. The third kappa shape index (κ3) is 6.84. The summed E-state index contributed by atoms with van der Waals surface area (Å²) in [6.45, 7) is 5.59. The van der Waals surface area contributed by atoms with E-state index in [0.717, 1.165) is 6.42 Å². The molecule has 0 aliphatic heterocycles. The van der Waals surface area contributed by atoms with Crippen molar-refractivity contribution in [2.45, 2.75) is 51.3 Å². The molecule has 0 aromatic rings. The molecule has 2 atom stereocenters. The zero-order valence-corrected chi connectivity index (χ0v) is 13.2. The highest BCUT2D eigenvalue weighted by Crippen LogP contribution is 2.04. The van der Waals surface area contributed by atoms with Gasteiger partial charge in [-0.3, -0.25) is 4.79 Å². The molecule has 0 fully saturated rings. The fourth-order valence-electron chi connectivity index (χ4n) is 1.43. The molecule has 1 amide bonds. The monoisotopic (exact) mass is 309 g/mol. The third-order valence-electron chi connectivity index (χ3n) is 2.74. The average Bonchev–Trinajstić information content (AvgIpc) is 2.28. The van der Waals surface area contributed by atoms with E-state index in [1.165, 1.54) is 0 Å². The number of hydrogen-bond acceptors (Lipinski definition) is 4. The van der Waals surface area contributed by atoms with Crippen molar-refractivity contribution in [2.75, 3.05) is 6.54 Å². The first-order chi connectivity index (χ1) is 8.74. The van der Waals surface area contributed by atoms with Crippen molar-refractivity contribution in [3.05, 3.63) is 0 Å². The molecule has 0 bridgehead atoms. The van der Waals surface area contributed by atoms with E-state index in [-0.39, 0.29) is 29.9 Å². The van der Waals surface area contributed by atoms with E-state index in [1.54, 1.807) is 6.92 Å². The number of carbonyl (C=O) groups excluding carboxylic acids is 1. The lowest BCUT2D eigenvalue weighted by atomic mass is 10.2. The van der Waals surface area contributed by atoms with Crippen LogP contribution in [0.3, 0.4) is 0 Å². The number of rotatable bonds is 9. The third-order valence-corrected chi connectivity index (χ3v) is 5.11. The van der Waals surface area contributed by atoms with Crippen molar-refractivity contribution in [2.24, 2.45) is 5.73 Å². The molecule has 0 rings (SSSR count). The molecule has 2 unspecified atom stereocenters. The summed E-state index contributed by atoms with van der Waals surface area (Å²) in [5.74, 6) is -0.180. The van der Waals surface area contributed by atoms with Crippen LogP contribution >= 0.6 is 12.2 Å². The first-order valence-electron chi connectivity index (χ1n) is 6.31. The fraction of sp³-hybridized carbons (Fsp3) is 0.818. The molecular formula is C11H23N3O3S2. The van der Waals surface area contributed by atoms with Gasteiger partial charge in [0, 0.05) is 19.0 Å². The smallest absolute Gasteiger partial charge is 0.221 e. The van der Waals surface area contributed by atoms with Gasteiger partial charge >= 0.3 is 0 Å². The molecule has 0 aromatic carbocycles. The van der Waals surface area contributed by atoms with Crippen molar-refractivity contribution in [1.29, 1.82) is 0 Å². The molecule has 0 radical (unpaired) electrons. The highest BCUT2D eigenvalue weighted by atomic mass is 32.2. The highest BCUT2D eigenvalue weighted by Gasteiger charge is 2.25. The molecule has 0 aromatic heterocycles. The number of thiocarbonyl (C=S) groups is 1. The summed E-state index contributed by atoms with van der Waals surface area (Å²) in [6.07, 6.45) is 1.23. The molecule has 0 aliphatic carbocycles. The first kappa shape index (κ1) is 18.3. The van der Waals surface area contributed by atoms with Gasteiger partial charge in [0.2, 0.25) is 15.9 Å². The molecular weight excluding hydrogens is 286 g/mol. The summed E-state index contributed by atoms with van der Waals surface area (Å²) >= 11 is 4.72.